The summed E-state index contributed by atoms with van der Waals surface area (Å²) in [6.07, 6.45) is -7.62. The van der Waals surface area contributed by atoms with Crippen LogP contribution in [0.15, 0.2) is 36.4 Å². The van der Waals surface area contributed by atoms with Crippen LogP contribution in [-0.4, -0.2) is 103 Å². The molecule has 1 saturated heterocycles. The van der Waals surface area contributed by atoms with Crippen molar-refractivity contribution in [3.05, 3.63) is 53.1 Å². The van der Waals surface area contributed by atoms with Crippen LogP contribution in [0.25, 0.3) is 0 Å². The molecule has 0 aromatic heterocycles. The zero-order chi connectivity index (χ0) is 29.0. The van der Waals surface area contributed by atoms with E-state index in [9.17, 15) is 25.2 Å². The van der Waals surface area contributed by atoms with E-state index < -0.39 is 55.4 Å². The van der Waals surface area contributed by atoms with Crippen LogP contribution in [0.4, 0.5) is 0 Å². The third kappa shape index (κ3) is 4.60. The molecule has 0 saturated carbocycles. The zero-order valence-electron chi connectivity index (χ0n) is 22.5. The van der Waals surface area contributed by atoms with Gasteiger partial charge in [-0.15, -0.1) is 0 Å². The van der Waals surface area contributed by atoms with Gasteiger partial charge in [0.1, 0.15) is 60.5 Å². The highest BCUT2D eigenvalue weighted by molar-refractivity contribution is 6.06. The summed E-state index contributed by atoms with van der Waals surface area (Å²) >= 11 is 0. The van der Waals surface area contributed by atoms with Crippen LogP contribution >= 0.6 is 0 Å². The molecule has 4 heterocycles. The highest BCUT2D eigenvalue weighted by Gasteiger charge is 2.47. The predicted molar refractivity (Wildman–Crippen MR) is 140 cm³/mol. The lowest BCUT2D eigenvalue weighted by Gasteiger charge is -2.39. The first kappa shape index (κ1) is 27.8. The summed E-state index contributed by atoms with van der Waals surface area (Å²) in [7, 11) is 3.06. The molecule has 4 N–H and O–H groups in total. The topological polar surface area (TPSA) is 163 Å². The molecular weight excluding hydrogens is 540 g/mol. The summed E-state index contributed by atoms with van der Waals surface area (Å²) in [4.78, 5) is 13.8. The normalized spacial score (nSPS) is 31.4. The molecule has 2 aromatic rings. The van der Waals surface area contributed by atoms with E-state index in [1.165, 1.54) is 14.2 Å². The molecule has 0 radical (unpaired) electrons. The average Bonchev–Trinajstić information content (AvgIpc) is 3.44. The maximum atomic E-state index is 13.8. The van der Waals surface area contributed by atoms with E-state index in [0.717, 1.165) is 5.56 Å². The number of ketones is 1. The Hall–Kier alpha value is -3.39. The van der Waals surface area contributed by atoms with Crippen LogP contribution in [-0.2, 0) is 15.9 Å². The molecule has 0 bridgehead atoms. The molecule has 4 aliphatic heterocycles. The molecule has 12 heteroatoms. The van der Waals surface area contributed by atoms with Crippen molar-refractivity contribution < 1.29 is 58.4 Å². The number of aliphatic hydroxyl groups is 4. The van der Waals surface area contributed by atoms with E-state index in [0.29, 0.717) is 51.9 Å². The minimum Gasteiger partial charge on any atom is -0.493 e. The maximum Gasteiger partial charge on any atom is 0.187 e. The molecule has 41 heavy (non-hydrogen) atoms. The monoisotopic (exact) mass is 572 g/mol. The summed E-state index contributed by atoms with van der Waals surface area (Å²) in [5, 5.41) is 39.6. The molecule has 0 unspecified atom stereocenters. The average molecular weight is 573 g/mol. The van der Waals surface area contributed by atoms with Crippen LogP contribution in [0, 0.1) is 0 Å². The number of carbonyl (C=O) groups excluding carboxylic acids is 1. The second kappa shape index (κ2) is 10.8. The van der Waals surface area contributed by atoms with E-state index in [-0.39, 0.29) is 19.0 Å². The number of fused-ring (bicyclic) bond motifs is 6. The van der Waals surface area contributed by atoms with Gasteiger partial charge in [0.25, 0.3) is 0 Å². The number of hydrogen-bond donors (Lipinski definition) is 4. The van der Waals surface area contributed by atoms with E-state index in [2.05, 4.69) is 6.58 Å². The minimum atomic E-state index is -1.55. The Bertz CT molecular complexity index is 1360. The van der Waals surface area contributed by atoms with Gasteiger partial charge in [-0.3, -0.25) is 4.79 Å². The highest BCUT2D eigenvalue weighted by atomic mass is 16.7. The van der Waals surface area contributed by atoms with Crippen LogP contribution in [0.3, 0.4) is 0 Å². The smallest absolute Gasteiger partial charge is 0.187 e. The van der Waals surface area contributed by atoms with Crippen LogP contribution < -0.4 is 23.7 Å². The Labute approximate surface area is 235 Å². The molecular formula is C29H32O12. The third-order valence-electron chi connectivity index (χ3n) is 8.06. The molecule has 2 aromatic carbocycles. The van der Waals surface area contributed by atoms with Crippen LogP contribution in [0.2, 0.25) is 0 Å². The SMILES string of the molecule is C=C(CO[C@H]1O[C@@H](CO)[C@@H](O)[C@@H](O)[C@H]1O)[C@H]1Cc2c(ccc3c2O[C@@H]2COc4cc(OC)c(OC)cc4[C@@H]2C3=O)O1. The van der Waals surface area contributed by atoms with Gasteiger partial charge in [0.15, 0.2) is 23.6 Å². The molecule has 0 aliphatic carbocycles. The lowest BCUT2D eigenvalue weighted by Crippen LogP contribution is -2.59. The number of hydrogen-bond acceptors (Lipinski definition) is 12. The van der Waals surface area contributed by atoms with Gasteiger partial charge in [-0.2, -0.15) is 0 Å². The molecule has 0 spiro atoms. The second-order valence-electron chi connectivity index (χ2n) is 10.5. The molecule has 8 atom stereocenters. The van der Waals surface area contributed by atoms with Crippen LogP contribution in [0.1, 0.15) is 27.4 Å². The van der Waals surface area contributed by atoms with Crippen molar-refractivity contribution in [1.29, 1.82) is 0 Å². The van der Waals surface area contributed by atoms with E-state index in [1.54, 1.807) is 24.3 Å². The quantitative estimate of drug-likeness (QED) is 0.341. The number of benzene rings is 2. The predicted octanol–water partition coefficient (Wildman–Crippen LogP) is 0.500. The van der Waals surface area contributed by atoms with Crippen molar-refractivity contribution in [3.8, 4) is 28.7 Å². The van der Waals surface area contributed by atoms with Crippen molar-refractivity contribution in [1.82, 2.24) is 0 Å². The molecule has 6 rings (SSSR count). The molecule has 220 valence electrons. The Morgan fingerprint density at radius 3 is 2.51 bits per heavy atom. The van der Waals surface area contributed by atoms with Gasteiger partial charge in [-0.05, 0) is 23.8 Å². The molecule has 4 aliphatic rings. The zero-order valence-corrected chi connectivity index (χ0v) is 22.5. The summed E-state index contributed by atoms with van der Waals surface area (Å²) in [5.74, 6) is 1.87. The van der Waals surface area contributed by atoms with Crippen molar-refractivity contribution in [2.24, 2.45) is 0 Å². The fourth-order valence-electron chi connectivity index (χ4n) is 5.78. The van der Waals surface area contributed by atoms with Gasteiger partial charge < -0.3 is 53.6 Å². The van der Waals surface area contributed by atoms with E-state index in [1.807, 2.05) is 0 Å². The maximum absolute atomic E-state index is 13.8. The lowest BCUT2D eigenvalue weighted by atomic mass is 9.81. The Morgan fingerprint density at radius 2 is 1.78 bits per heavy atom. The standard InChI is InChI=1S/C29H32O12/c1-12(10-38-29-27(34)26(33)25(32)21(9-30)41-29)17-7-15-16(39-17)5-4-13-24(31)23-14-6-19(35-2)20(36-3)8-18(14)37-11-22(23)40-28(13)15/h4-6,8,17,21-23,25-27,29-30,32-34H,1,7,9-11H2,2-3H3/t17-,21+,22-,23+,25-,26-,27-,29+/m1/s1. The first-order valence-electron chi connectivity index (χ1n) is 13.3. The van der Waals surface area contributed by atoms with Gasteiger partial charge >= 0.3 is 0 Å². The first-order chi connectivity index (χ1) is 19.7. The number of Topliss-reactive ketones (excluding diaryl/α,β-unsaturated/α-hetero) is 1. The summed E-state index contributed by atoms with van der Waals surface area (Å²) in [6, 6.07) is 6.89. The Kier molecular flexibility index (Phi) is 7.30. The van der Waals surface area contributed by atoms with Crippen molar-refractivity contribution in [2.45, 2.75) is 55.3 Å². The summed E-state index contributed by atoms with van der Waals surface area (Å²) in [5.41, 5.74) is 2.36. The van der Waals surface area contributed by atoms with Crippen molar-refractivity contribution >= 4 is 5.78 Å². The number of aliphatic hydroxyl groups excluding tert-OH is 4. The van der Waals surface area contributed by atoms with E-state index >= 15 is 0 Å². The van der Waals surface area contributed by atoms with Gasteiger partial charge in [-0.25, -0.2) is 0 Å². The van der Waals surface area contributed by atoms with Gasteiger partial charge in [0, 0.05) is 23.6 Å². The largest absolute Gasteiger partial charge is 0.493 e. The fourth-order valence-corrected chi connectivity index (χ4v) is 5.78. The Balaban J connectivity index is 1.18. The summed E-state index contributed by atoms with van der Waals surface area (Å²) in [6.45, 7) is 3.57. The number of ether oxygens (including phenoxy) is 7. The fraction of sp³-hybridized carbons (Fsp3) is 0.483. The van der Waals surface area contributed by atoms with Gasteiger partial charge in [0.05, 0.1) is 38.9 Å². The van der Waals surface area contributed by atoms with E-state index in [4.69, 9.17) is 33.2 Å². The first-order valence-corrected chi connectivity index (χ1v) is 13.3. The molecule has 1 fully saturated rings. The van der Waals surface area contributed by atoms with Crippen molar-refractivity contribution in [3.63, 3.8) is 0 Å². The number of rotatable bonds is 7. The summed E-state index contributed by atoms with van der Waals surface area (Å²) < 4.78 is 40.3. The number of methoxy groups -OCH3 is 2. The van der Waals surface area contributed by atoms with Crippen molar-refractivity contribution in [2.75, 3.05) is 34.0 Å². The highest BCUT2D eigenvalue weighted by Crippen LogP contribution is 2.50. The minimum absolute atomic E-state index is 0.0933. The second-order valence-corrected chi connectivity index (χ2v) is 10.5. The van der Waals surface area contributed by atoms with Crippen LogP contribution in [0.5, 0.6) is 28.7 Å². The molecule has 0 amide bonds. The molecule has 12 nitrogen and oxygen atoms in total. The third-order valence-corrected chi connectivity index (χ3v) is 8.06. The van der Waals surface area contributed by atoms with Gasteiger partial charge in [0.2, 0.25) is 0 Å². The van der Waals surface area contributed by atoms with Gasteiger partial charge in [-0.1, -0.05) is 6.58 Å². The Morgan fingerprint density at radius 1 is 1.02 bits per heavy atom. The number of carbonyl (C=O) groups is 1. The lowest BCUT2D eigenvalue weighted by molar-refractivity contribution is -0.299.